The molecule has 0 bridgehead atoms. The summed E-state index contributed by atoms with van der Waals surface area (Å²) in [6.45, 7) is 8.40. The number of Topliss-reactive ketones (excluding diaryl/α,β-unsaturated/α-hetero) is 1. The largest absolute Gasteiger partial charge is 0.507 e. The van der Waals surface area contributed by atoms with Crippen LogP contribution in [0.4, 0.5) is 14.5 Å². The maximum Gasteiger partial charge on any atom is 0.300 e. The highest BCUT2D eigenvalue weighted by Crippen LogP contribution is 2.45. The molecule has 9 heteroatoms. The van der Waals surface area contributed by atoms with Gasteiger partial charge in [-0.1, -0.05) is 19.9 Å². The average Bonchev–Trinajstić information content (AvgIpc) is 3.18. The molecule has 1 aliphatic rings. The predicted molar refractivity (Wildman–Crippen MR) is 147 cm³/mol. The number of aryl methyl sites for hydroxylation is 1. The summed E-state index contributed by atoms with van der Waals surface area (Å²) in [5, 5.41) is 11.5. The number of amides is 1. The first-order valence-electron chi connectivity index (χ1n) is 12.9. The Balaban J connectivity index is 1.92. The van der Waals surface area contributed by atoms with Crippen LogP contribution in [0.1, 0.15) is 43.5 Å². The molecule has 4 rings (SSSR count). The lowest BCUT2D eigenvalue weighted by atomic mass is 9.94. The van der Waals surface area contributed by atoms with Gasteiger partial charge in [0, 0.05) is 11.6 Å². The van der Waals surface area contributed by atoms with Crippen LogP contribution in [-0.4, -0.2) is 37.1 Å². The van der Waals surface area contributed by atoms with Gasteiger partial charge in [0.1, 0.15) is 23.1 Å². The van der Waals surface area contributed by atoms with E-state index in [1.807, 2.05) is 13.8 Å². The second-order valence-corrected chi connectivity index (χ2v) is 9.79. The predicted octanol–water partition coefficient (Wildman–Crippen LogP) is 6.34. The van der Waals surface area contributed by atoms with Crippen LogP contribution in [0.2, 0.25) is 0 Å². The van der Waals surface area contributed by atoms with E-state index in [-0.39, 0.29) is 11.1 Å². The van der Waals surface area contributed by atoms with Crippen molar-refractivity contribution in [1.29, 1.82) is 0 Å². The van der Waals surface area contributed by atoms with E-state index in [2.05, 4.69) is 0 Å². The van der Waals surface area contributed by atoms with Crippen LogP contribution in [-0.2, 0) is 9.59 Å². The lowest BCUT2D eigenvalue weighted by Gasteiger charge is -2.26. The number of rotatable bonds is 9. The van der Waals surface area contributed by atoms with Gasteiger partial charge in [-0.3, -0.25) is 14.5 Å². The standard InChI is InChI=1S/C31H31F2NO6/c1-6-39-26-14-19(7-12-25(26)38-5)28-27(29(35)20-8-11-24(18(4)13-20)40-16-17(2)3)30(36)31(37)34(28)23-15-21(32)9-10-22(23)33/h7-15,17,28,35H,6,16H2,1-5H3/b29-27+. The zero-order valence-corrected chi connectivity index (χ0v) is 23.0. The summed E-state index contributed by atoms with van der Waals surface area (Å²) in [5.41, 5.74) is 0.567. The molecular formula is C31H31F2NO6. The van der Waals surface area contributed by atoms with Gasteiger partial charge in [-0.25, -0.2) is 8.78 Å². The summed E-state index contributed by atoms with van der Waals surface area (Å²) >= 11 is 0. The number of aliphatic hydroxyl groups is 1. The van der Waals surface area contributed by atoms with Crippen molar-refractivity contribution >= 4 is 23.1 Å². The average molecular weight is 552 g/mol. The van der Waals surface area contributed by atoms with Gasteiger partial charge in [-0.2, -0.15) is 0 Å². The number of halogens is 2. The van der Waals surface area contributed by atoms with Crippen molar-refractivity contribution in [1.82, 2.24) is 0 Å². The van der Waals surface area contributed by atoms with Crippen molar-refractivity contribution in [2.24, 2.45) is 5.92 Å². The SMILES string of the molecule is CCOc1cc(C2/C(=C(\O)c3ccc(OCC(C)C)c(C)c3)C(=O)C(=O)N2c2cc(F)ccc2F)ccc1OC. The Morgan fingerprint density at radius 1 is 0.975 bits per heavy atom. The highest BCUT2D eigenvalue weighted by atomic mass is 19.1. The van der Waals surface area contributed by atoms with Gasteiger partial charge in [0.2, 0.25) is 0 Å². The van der Waals surface area contributed by atoms with Crippen LogP contribution >= 0.6 is 0 Å². The third kappa shape index (κ3) is 5.50. The Kier molecular flexibility index (Phi) is 8.42. The first kappa shape index (κ1) is 28.6. The Hall–Kier alpha value is -4.40. The molecule has 1 atom stereocenters. The summed E-state index contributed by atoms with van der Waals surface area (Å²) in [6.07, 6.45) is 0. The molecule has 1 unspecified atom stereocenters. The van der Waals surface area contributed by atoms with Gasteiger partial charge in [0.15, 0.2) is 11.5 Å². The third-order valence-corrected chi connectivity index (χ3v) is 6.44. The van der Waals surface area contributed by atoms with E-state index in [1.165, 1.54) is 7.11 Å². The number of ketones is 1. The van der Waals surface area contributed by atoms with Crippen LogP contribution < -0.4 is 19.1 Å². The first-order chi connectivity index (χ1) is 19.1. The van der Waals surface area contributed by atoms with Crippen LogP contribution in [0, 0.1) is 24.5 Å². The highest BCUT2D eigenvalue weighted by Gasteiger charge is 2.48. The van der Waals surface area contributed by atoms with Crippen molar-refractivity contribution in [3.63, 3.8) is 0 Å². The first-order valence-corrected chi connectivity index (χ1v) is 12.9. The molecule has 0 aromatic heterocycles. The topological polar surface area (TPSA) is 85.3 Å². The number of nitrogens with zero attached hydrogens (tertiary/aromatic N) is 1. The fourth-order valence-corrected chi connectivity index (χ4v) is 4.57. The molecule has 0 saturated carbocycles. The zero-order chi connectivity index (χ0) is 29.1. The van der Waals surface area contributed by atoms with E-state index in [0.717, 1.165) is 23.1 Å². The molecule has 40 heavy (non-hydrogen) atoms. The minimum Gasteiger partial charge on any atom is -0.507 e. The van der Waals surface area contributed by atoms with Crippen molar-refractivity contribution in [3.05, 3.63) is 88.5 Å². The highest BCUT2D eigenvalue weighted by molar-refractivity contribution is 6.51. The van der Waals surface area contributed by atoms with Crippen LogP contribution in [0.3, 0.4) is 0 Å². The monoisotopic (exact) mass is 551 g/mol. The van der Waals surface area contributed by atoms with Crippen molar-refractivity contribution in [2.75, 3.05) is 25.2 Å². The number of ether oxygens (including phenoxy) is 3. The van der Waals surface area contributed by atoms with Gasteiger partial charge in [0.05, 0.1) is 37.6 Å². The molecule has 1 aliphatic heterocycles. The van der Waals surface area contributed by atoms with Crippen molar-refractivity contribution < 1.29 is 37.7 Å². The van der Waals surface area contributed by atoms with Gasteiger partial charge >= 0.3 is 0 Å². The van der Waals surface area contributed by atoms with E-state index >= 15 is 0 Å². The van der Waals surface area contributed by atoms with E-state index in [4.69, 9.17) is 14.2 Å². The number of benzene rings is 3. The number of hydrogen-bond acceptors (Lipinski definition) is 6. The normalized spacial score (nSPS) is 16.5. The number of carbonyl (C=O) groups is 2. The summed E-state index contributed by atoms with van der Waals surface area (Å²) < 4.78 is 46.1. The number of methoxy groups -OCH3 is 1. The molecule has 0 aliphatic carbocycles. The summed E-state index contributed by atoms with van der Waals surface area (Å²) in [4.78, 5) is 27.7. The second-order valence-electron chi connectivity index (χ2n) is 9.79. The Bertz CT molecular complexity index is 1480. The quantitative estimate of drug-likeness (QED) is 0.190. The fraction of sp³-hybridized carbons (Fsp3) is 0.290. The number of carbonyl (C=O) groups excluding carboxylic acids is 2. The molecule has 1 amide bonds. The van der Waals surface area contributed by atoms with E-state index in [1.54, 1.807) is 50.2 Å². The third-order valence-electron chi connectivity index (χ3n) is 6.44. The maximum atomic E-state index is 15.0. The molecule has 0 spiro atoms. The lowest BCUT2D eigenvalue weighted by Crippen LogP contribution is -2.30. The smallest absolute Gasteiger partial charge is 0.300 e. The molecule has 210 valence electrons. The molecule has 7 nitrogen and oxygen atoms in total. The molecule has 1 heterocycles. The van der Waals surface area contributed by atoms with E-state index in [0.29, 0.717) is 47.5 Å². The van der Waals surface area contributed by atoms with Crippen LogP contribution in [0.5, 0.6) is 17.2 Å². The zero-order valence-electron chi connectivity index (χ0n) is 23.0. The summed E-state index contributed by atoms with van der Waals surface area (Å²) in [6, 6.07) is 10.9. The fourth-order valence-electron chi connectivity index (χ4n) is 4.57. The number of aliphatic hydroxyl groups excluding tert-OH is 1. The number of hydrogen-bond donors (Lipinski definition) is 1. The second kappa shape index (κ2) is 11.8. The molecule has 0 radical (unpaired) electrons. The molecular weight excluding hydrogens is 520 g/mol. The summed E-state index contributed by atoms with van der Waals surface area (Å²) in [7, 11) is 1.46. The van der Waals surface area contributed by atoms with Gasteiger partial charge in [-0.05, 0) is 73.4 Å². The molecule has 3 aromatic rings. The molecule has 3 aromatic carbocycles. The molecule has 1 saturated heterocycles. The Morgan fingerprint density at radius 3 is 2.35 bits per heavy atom. The van der Waals surface area contributed by atoms with Crippen LogP contribution in [0.25, 0.3) is 5.76 Å². The van der Waals surface area contributed by atoms with Crippen LogP contribution in [0.15, 0.2) is 60.2 Å². The van der Waals surface area contributed by atoms with E-state index < -0.39 is 40.8 Å². The van der Waals surface area contributed by atoms with E-state index in [9.17, 15) is 23.5 Å². The minimum absolute atomic E-state index is 0.260. The Labute approximate surface area is 231 Å². The van der Waals surface area contributed by atoms with Gasteiger partial charge in [-0.15, -0.1) is 0 Å². The van der Waals surface area contributed by atoms with Gasteiger partial charge in [0.25, 0.3) is 11.7 Å². The lowest BCUT2D eigenvalue weighted by molar-refractivity contribution is -0.132. The van der Waals surface area contributed by atoms with Crippen molar-refractivity contribution in [3.8, 4) is 17.2 Å². The Morgan fingerprint density at radius 2 is 1.70 bits per heavy atom. The molecule has 1 fully saturated rings. The van der Waals surface area contributed by atoms with Crippen molar-refractivity contribution in [2.45, 2.75) is 33.7 Å². The summed E-state index contributed by atoms with van der Waals surface area (Å²) in [5.74, 6) is -2.70. The minimum atomic E-state index is -1.29. The molecule has 1 N–H and O–H groups in total. The van der Waals surface area contributed by atoms with Gasteiger partial charge < -0.3 is 19.3 Å². The maximum absolute atomic E-state index is 15.0. The number of anilines is 1.